The Balaban J connectivity index is 2.12. The van der Waals surface area contributed by atoms with E-state index in [-0.39, 0.29) is 10.5 Å². The molecule has 0 spiro atoms. The topological polar surface area (TPSA) is 78.8 Å². The van der Waals surface area contributed by atoms with Crippen molar-refractivity contribution >= 4 is 21.6 Å². The van der Waals surface area contributed by atoms with Crippen LogP contribution in [0, 0.1) is 0 Å². The average molecular weight is 337 g/mol. The van der Waals surface area contributed by atoms with Crippen molar-refractivity contribution in [3.05, 3.63) is 29.8 Å². The second-order valence-electron chi connectivity index (χ2n) is 5.85. The summed E-state index contributed by atoms with van der Waals surface area (Å²) in [6, 6.07) is 5.99. The zero-order chi connectivity index (χ0) is 16.9. The summed E-state index contributed by atoms with van der Waals surface area (Å²) < 4.78 is 25.4. The highest BCUT2D eigenvalue weighted by atomic mass is 32.2. The van der Waals surface area contributed by atoms with Gasteiger partial charge in [0.1, 0.15) is 0 Å². The van der Waals surface area contributed by atoms with Crippen molar-refractivity contribution in [1.82, 2.24) is 9.73 Å². The van der Waals surface area contributed by atoms with Gasteiger partial charge in [-0.1, -0.05) is 18.9 Å². The van der Waals surface area contributed by atoms with E-state index in [1.807, 2.05) is 0 Å². The van der Waals surface area contributed by atoms with E-state index in [2.05, 4.69) is 10.5 Å². The maximum atomic E-state index is 12.2. The molecule has 0 heterocycles. The molecule has 1 aromatic rings. The molecule has 2 rings (SSSR count). The molecule has 0 saturated heterocycles. The molecule has 0 aromatic heterocycles. The van der Waals surface area contributed by atoms with E-state index in [0.29, 0.717) is 0 Å². The molecule has 0 aliphatic heterocycles. The highest BCUT2D eigenvalue weighted by Gasteiger charge is 2.18. The summed E-state index contributed by atoms with van der Waals surface area (Å²) in [4.78, 5) is 12.3. The fraction of sp³-hybridized carbons (Fsp3) is 0.500. The average Bonchev–Trinajstić information content (AvgIpc) is 2.81. The number of hydrazone groups is 1. The maximum absolute atomic E-state index is 12.2. The van der Waals surface area contributed by atoms with Crippen LogP contribution >= 0.6 is 0 Å². The number of hydrogen-bond acceptors (Lipinski definition) is 4. The first kappa shape index (κ1) is 17.6. The molecule has 1 aliphatic carbocycles. The van der Waals surface area contributed by atoms with Crippen molar-refractivity contribution < 1.29 is 13.2 Å². The fourth-order valence-corrected chi connectivity index (χ4v) is 3.40. The summed E-state index contributed by atoms with van der Waals surface area (Å²) in [5, 5.41) is 4.20. The first-order chi connectivity index (χ1) is 10.9. The molecule has 0 bridgehead atoms. The van der Waals surface area contributed by atoms with Gasteiger partial charge in [0, 0.05) is 25.4 Å². The molecule has 6 nitrogen and oxygen atoms in total. The van der Waals surface area contributed by atoms with Crippen molar-refractivity contribution in [3.63, 3.8) is 0 Å². The van der Waals surface area contributed by atoms with Crippen LogP contribution in [-0.2, 0) is 10.0 Å². The van der Waals surface area contributed by atoms with Crippen LogP contribution in [0.15, 0.2) is 34.3 Å². The minimum Gasteiger partial charge on any atom is -0.267 e. The molecule has 1 amide bonds. The summed E-state index contributed by atoms with van der Waals surface area (Å²) in [6.45, 7) is 0. The van der Waals surface area contributed by atoms with E-state index in [1.165, 1.54) is 39.1 Å². The molecule has 0 radical (unpaired) electrons. The first-order valence-corrected chi connectivity index (χ1v) is 9.23. The quantitative estimate of drug-likeness (QED) is 0.677. The predicted molar refractivity (Wildman–Crippen MR) is 89.9 cm³/mol. The van der Waals surface area contributed by atoms with Gasteiger partial charge in [0.15, 0.2) is 0 Å². The van der Waals surface area contributed by atoms with Crippen LogP contribution in [0.2, 0.25) is 0 Å². The van der Waals surface area contributed by atoms with Gasteiger partial charge in [0.2, 0.25) is 10.0 Å². The van der Waals surface area contributed by atoms with Crippen LogP contribution < -0.4 is 5.43 Å². The Morgan fingerprint density at radius 1 is 1.13 bits per heavy atom. The van der Waals surface area contributed by atoms with Gasteiger partial charge >= 0.3 is 0 Å². The second-order valence-corrected chi connectivity index (χ2v) is 8.00. The lowest BCUT2D eigenvalue weighted by Crippen LogP contribution is -2.23. The second kappa shape index (κ2) is 7.70. The molecule has 0 unspecified atom stereocenters. The standard InChI is InChI=1S/C16H23N3O3S/c1-19(2)23(21,22)15-11-7-8-13(12-15)16(20)18-17-14-9-5-3-4-6-10-14/h7-8,11-12H,3-6,9-10H2,1-2H3,(H,18,20). The summed E-state index contributed by atoms with van der Waals surface area (Å²) in [6.07, 6.45) is 6.44. The van der Waals surface area contributed by atoms with Gasteiger partial charge in [0.25, 0.3) is 5.91 Å². The third kappa shape index (κ3) is 4.62. The van der Waals surface area contributed by atoms with Gasteiger partial charge in [-0.05, 0) is 43.9 Å². The Bertz CT molecular complexity index is 686. The Kier molecular flexibility index (Phi) is 5.90. The molecule has 1 saturated carbocycles. The predicted octanol–water partition coefficient (Wildman–Crippen LogP) is 2.38. The highest BCUT2D eigenvalue weighted by molar-refractivity contribution is 7.89. The Morgan fingerprint density at radius 3 is 2.39 bits per heavy atom. The number of carbonyl (C=O) groups excluding carboxylic acids is 1. The lowest BCUT2D eigenvalue weighted by molar-refractivity contribution is 0.0954. The van der Waals surface area contributed by atoms with E-state index >= 15 is 0 Å². The summed E-state index contributed by atoms with van der Waals surface area (Å²) in [5.41, 5.74) is 3.84. The minimum atomic E-state index is -3.56. The molecule has 23 heavy (non-hydrogen) atoms. The lowest BCUT2D eigenvalue weighted by atomic mass is 10.2. The first-order valence-electron chi connectivity index (χ1n) is 7.79. The van der Waals surface area contributed by atoms with Gasteiger partial charge in [-0.2, -0.15) is 5.10 Å². The number of carbonyl (C=O) groups is 1. The summed E-state index contributed by atoms with van der Waals surface area (Å²) in [5.74, 6) is -0.391. The minimum absolute atomic E-state index is 0.0947. The largest absolute Gasteiger partial charge is 0.271 e. The molecule has 1 aromatic carbocycles. The summed E-state index contributed by atoms with van der Waals surface area (Å²) >= 11 is 0. The monoisotopic (exact) mass is 337 g/mol. The van der Waals surface area contributed by atoms with Gasteiger partial charge in [-0.25, -0.2) is 18.1 Å². The number of hydrogen-bond donors (Lipinski definition) is 1. The van der Waals surface area contributed by atoms with E-state index in [4.69, 9.17) is 0 Å². The van der Waals surface area contributed by atoms with Crippen molar-refractivity contribution in [2.45, 2.75) is 43.4 Å². The number of nitrogens with zero attached hydrogens (tertiary/aromatic N) is 2. The number of rotatable bonds is 4. The molecule has 1 aliphatic rings. The van der Waals surface area contributed by atoms with Gasteiger partial charge in [0.05, 0.1) is 4.90 Å². The molecule has 7 heteroatoms. The Hall–Kier alpha value is -1.73. The molecule has 126 valence electrons. The van der Waals surface area contributed by atoms with E-state index in [9.17, 15) is 13.2 Å². The van der Waals surface area contributed by atoms with Crippen molar-refractivity contribution in [3.8, 4) is 0 Å². The van der Waals surface area contributed by atoms with Crippen LogP contribution in [0.25, 0.3) is 0 Å². The molecule has 1 N–H and O–H groups in total. The smallest absolute Gasteiger partial charge is 0.267 e. The normalized spacial score (nSPS) is 16.0. The SMILES string of the molecule is CN(C)S(=O)(=O)c1cccc(C(=O)NN=C2CCCCCC2)c1. The van der Waals surface area contributed by atoms with Gasteiger partial charge in [-0.15, -0.1) is 0 Å². The van der Waals surface area contributed by atoms with Crippen LogP contribution in [-0.4, -0.2) is 38.4 Å². The molecular weight excluding hydrogens is 314 g/mol. The molecule has 0 atom stereocenters. The van der Waals surface area contributed by atoms with Gasteiger partial charge in [-0.3, -0.25) is 4.79 Å². The fourth-order valence-electron chi connectivity index (χ4n) is 2.45. The Labute approximate surface area is 137 Å². The van der Waals surface area contributed by atoms with Crippen molar-refractivity contribution in [1.29, 1.82) is 0 Å². The van der Waals surface area contributed by atoms with Crippen LogP contribution in [0.5, 0.6) is 0 Å². The number of sulfonamides is 1. The maximum Gasteiger partial charge on any atom is 0.271 e. The van der Waals surface area contributed by atoms with Crippen LogP contribution in [0.4, 0.5) is 0 Å². The highest BCUT2D eigenvalue weighted by Crippen LogP contribution is 2.16. The van der Waals surface area contributed by atoms with Crippen LogP contribution in [0.3, 0.4) is 0 Å². The van der Waals surface area contributed by atoms with Crippen molar-refractivity contribution in [2.24, 2.45) is 5.10 Å². The lowest BCUT2D eigenvalue weighted by Gasteiger charge is -2.12. The third-order valence-corrected chi connectivity index (χ3v) is 5.68. The Morgan fingerprint density at radius 2 is 1.78 bits per heavy atom. The van der Waals surface area contributed by atoms with E-state index in [1.54, 1.807) is 12.1 Å². The third-order valence-electron chi connectivity index (χ3n) is 3.87. The number of nitrogens with one attached hydrogen (secondary N) is 1. The number of benzene rings is 1. The molecule has 1 fully saturated rings. The molecular formula is C16H23N3O3S. The number of amides is 1. The van der Waals surface area contributed by atoms with E-state index < -0.39 is 15.9 Å². The van der Waals surface area contributed by atoms with Gasteiger partial charge < -0.3 is 0 Å². The van der Waals surface area contributed by atoms with Crippen LogP contribution in [0.1, 0.15) is 48.9 Å². The van der Waals surface area contributed by atoms with E-state index in [0.717, 1.165) is 35.7 Å². The zero-order valence-electron chi connectivity index (χ0n) is 13.6. The summed E-state index contributed by atoms with van der Waals surface area (Å²) in [7, 11) is -0.639. The van der Waals surface area contributed by atoms with Crippen molar-refractivity contribution in [2.75, 3.05) is 14.1 Å². The zero-order valence-corrected chi connectivity index (χ0v) is 14.4.